The molecule has 0 radical (unpaired) electrons. The highest BCUT2D eigenvalue weighted by atomic mass is 16.8. The van der Waals surface area contributed by atoms with Crippen LogP contribution in [0.25, 0.3) is 10.9 Å². The van der Waals surface area contributed by atoms with Crippen molar-refractivity contribution in [2.75, 3.05) is 5.23 Å². The van der Waals surface area contributed by atoms with Crippen LogP contribution in [0, 0.1) is 5.21 Å². The minimum atomic E-state index is -0.241. The van der Waals surface area contributed by atoms with Crippen molar-refractivity contribution in [1.29, 1.82) is 0 Å². The molecule has 3 rings (SSSR count). The predicted molar refractivity (Wildman–Crippen MR) is 71.2 cm³/mol. The van der Waals surface area contributed by atoms with Gasteiger partial charge in [-0.25, -0.2) is 4.98 Å². The second kappa shape index (κ2) is 4.64. The summed E-state index contributed by atoms with van der Waals surface area (Å²) in [5, 5.41) is 19.9. The monoisotopic (exact) mass is 260 g/mol. The lowest BCUT2D eigenvalue weighted by molar-refractivity contribution is 0.296. The van der Waals surface area contributed by atoms with Gasteiger partial charge in [-0.15, -0.1) is 0 Å². The first-order chi connectivity index (χ1) is 9.16. The normalized spacial score (nSPS) is 15.1. The van der Waals surface area contributed by atoms with Crippen molar-refractivity contribution in [2.24, 2.45) is 0 Å². The fraction of sp³-hybridized carbons (Fsp3) is 0.385. The average molecular weight is 260 g/mol. The van der Waals surface area contributed by atoms with Crippen molar-refractivity contribution in [1.82, 2.24) is 9.55 Å². The highest BCUT2D eigenvalue weighted by Crippen LogP contribution is 2.19. The summed E-state index contributed by atoms with van der Waals surface area (Å²) in [6.07, 6.45) is 3.91. The molecule has 0 bridgehead atoms. The van der Waals surface area contributed by atoms with Crippen molar-refractivity contribution < 1.29 is 5.21 Å². The van der Waals surface area contributed by atoms with Gasteiger partial charge in [0.1, 0.15) is 5.82 Å². The fourth-order valence-electron chi connectivity index (χ4n) is 2.53. The standard InChI is InChI=1S/C13H14N3O3/c17-13-10-8-9(16(18)19)5-6-11(10)14-12-4-2-1-3-7-15(12)13/h5-6,8,18H,1-4,7H2/q-1. The quantitative estimate of drug-likeness (QED) is 0.791. The topological polar surface area (TPSA) is 81.4 Å². The van der Waals surface area contributed by atoms with Gasteiger partial charge in [0.05, 0.1) is 16.6 Å². The Kier molecular flexibility index (Phi) is 2.96. The van der Waals surface area contributed by atoms with Gasteiger partial charge in [0.2, 0.25) is 0 Å². The molecule has 19 heavy (non-hydrogen) atoms. The Hall–Kier alpha value is -1.92. The van der Waals surface area contributed by atoms with Gasteiger partial charge in [0, 0.05) is 13.0 Å². The molecule has 0 fully saturated rings. The summed E-state index contributed by atoms with van der Waals surface area (Å²) in [6, 6.07) is 4.43. The molecule has 2 heterocycles. The zero-order valence-electron chi connectivity index (χ0n) is 10.4. The third kappa shape index (κ3) is 2.09. The number of benzene rings is 1. The molecule has 1 aliphatic rings. The van der Waals surface area contributed by atoms with Crippen LogP contribution in [0.3, 0.4) is 0 Å². The van der Waals surface area contributed by atoms with Gasteiger partial charge >= 0.3 is 0 Å². The number of hydrogen-bond donors (Lipinski definition) is 1. The number of hydrogen-bond acceptors (Lipinski definition) is 5. The summed E-state index contributed by atoms with van der Waals surface area (Å²) in [7, 11) is 0. The van der Waals surface area contributed by atoms with E-state index in [9.17, 15) is 10.0 Å². The average Bonchev–Trinajstić information content (AvgIpc) is 2.64. The summed E-state index contributed by atoms with van der Waals surface area (Å²) in [5.74, 6) is 0.811. The van der Waals surface area contributed by atoms with E-state index in [-0.39, 0.29) is 16.5 Å². The van der Waals surface area contributed by atoms with Crippen LogP contribution in [0.15, 0.2) is 23.0 Å². The van der Waals surface area contributed by atoms with Crippen molar-refractivity contribution in [3.63, 3.8) is 0 Å². The third-order valence-corrected chi connectivity index (χ3v) is 3.52. The zero-order valence-corrected chi connectivity index (χ0v) is 10.4. The molecule has 0 atom stereocenters. The van der Waals surface area contributed by atoms with E-state index in [0.29, 0.717) is 17.4 Å². The number of aryl methyl sites for hydroxylation is 1. The molecule has 1 N–H and O–H groups in total. The van der Waals surface area contributed by atoms with Gasteiger partial charge < -0.3 is 10.4 Å². The zero-order chi connectivity index (χ0) is 13.4. The summed E-state index contributed by atoms with van der Waals surface area (Å²) in [6.45, 7) is 0.668. The van der Waals surface area contributed by atoms with E-state index in [0.717, 1.165) is 31.5 Å². The van der Waals surface area contributed by atoms with Crippen LogP contribution in [0.2, 0.25) is 0 Å². The Labute approximate surface area is 109 Å². The molecular formula is C13H14N3O3-. The van der Waals surface area contributed by atoms with Crippen LogP contribution >= 0.6 is 0 Å². The van der Waals surface area contributed by atoms with E-state index in [1.54, 1.807) is 10.6 Å². The largest absolute Gasteiger partial charge is 0.733 e. The van der Waals surface area contributed by atoms with Crippen molar-refractivity contribution in [3.05, 3.63) is 39.6 Å². The lowest BCUT2D eigenvalue weighted by atomic mass is 10.2. The predicted octanol–water partition coefficient (Wildman–Crippen LogP) is 1.82. The van der Waals surface area contributed by atoms with E-state index in [1.165, 1.54) is 12.1 Å². The first-order valence-electron chi connectivity index (χ1n) is 6.36. The Balaban J connectivity index is 2.26. The van der Waals surface area contributed by atoms with Crippen LogP contribution in [0.5, 0.6) is 0 Å². The number of anilines is 1. The van der Waals surface area contributed by atoms with Crippen molar-refractivity contribution in [3.8, 4) is 0 Å². The van der Waals surface area contributed by atoms with Gasteiger partial charge in [0.15, 0.2) is 0 Å². The van der Waals surface area contributed by atoms with E-state index in [1.807, 2.05) is 0 Å². The van der Waals surface area contributed by atoms with Gasteiger partial charge in [-0.2, -0.15) is 0 Å². The van der Waals surface area contributed by atoms with Crippen LogP contribution < -0.4 is 10.8 Å². The Morgan fingerprint density at radius 3 is 2.95 bits per heavy atom. The summed E-state index contributed by atoms with van der Waals surface area (Å²) in [4.78, 5) is 16.9. The number of rotatable bonds is 1. The molecule has 6 nitrogen and oxygen atoms in total. The molecule has 0 spiro atoms. The molecular weight excluding hydrogens is 246 g/mol. The molecule has 0 aliphatic carbocycles. The lowest BCUT2D eigenvalue weighted by Crippen LogP contribution is -2.24. The Morgan fingerprint density at radius 1 is 1.32 bits per heavy atom. The van der Waals surface area contributed by atoms with Crippen molar-refractivity contribution >= 4 is 16.6 Å². The molecule has 0 saturated heterocycles. The first kappa shape index (κ1) is 12.1. The summed E-state index contributed by atoms with van der Waals surface area (Å²) in [5.41, 5.74) is 0.481. The molecule has 6 heteroatoms. The fourth-order valence-corrected chi connectivity index (χ4v) is 2.53. The molecule has 0 saturated carbocycles. The number of nitrogens with zero attached hydrogens (tertiary/aromatic N) is 3. The minimum Gasteiger partial charge on any atom is -0.733 e. The minimum absolute atomic E-state index is 0.0422. The Morgan fingerprint density at radius 2 is 2.16 bits per heavy atom. The van der Waals surface area contributed by atoms with Gasteiger partial charge in [-0.1, -0.05) is 6.42 Å². The van der Waals surface area contributed by atoms with E-state index < -0.39 is 0 Å². The molecule has 0 amide bonds. The molecule has 1 aromatic heterocycles. The highest BCUT2D eigenvalue weighted by Gasteiger charge is 2.13. The maximum Gasteiger partial charge on any atom is 0.261 e. The number of fused-ring (bicyclic) bond motifs is 2. The maximum atomic E-state index is 12.4. The van der Waals surface area contributed by atoms with E-state index in [2.05, 4.69) is 4.98 Å². The molecule has 2 aromatic rings. The van der Waals surface area contributed by atoms with Crippen LogP contribution in [-0.4, -0.2) is 14.8 Å². The van der Waals surface area contributed by atoms with Crippen molar-refractivity contribution in [2.45, 2.75) is 32.2 Å². The van der Waals surface area contributed by atoms with Crippen LogP contribution in [0.4, 0.5) is 5.69 Å². The second-order valence-electron chi connectivity index (χ2n) is 4.77. The third-order valence-electron chi connectivity index (χ3n) is 3.52. The Bertz CT molecular complexity index is 679. The van der Waals surface area contributed by atoms with E-state index in [4.69, 9.17) is 5.21 Å². The van der Waals surface area contributed by atoms with Gasteiger partial charge in [-0.3, -0.25) is 14.6 Å². The summed E-state index contributed by atoms with van der Waals surface area (Å²) >= 11 is 0. The lowest BCUT2D eigenvalue weighted by Gasteiger charge is -2.21. The first-order valence-corrected chi connectivity index (χ1v) is 6.36. The second-order valence-corrected chi connectivity index (χ2v) is 4.77. The SMILES string of the molecule is O=c1c2cc(N([O-])O)ccc2nc2n1CCCCC2. The molecule has 0 unspecified atom stereocenters. The molecule has 100 valence electrons. The molecule has 1 aromatic carbocycles. The van der Waals surface area contributed by atoms with Gasteiger partial charge in [0.25, 0.3) is 5.56 Å². The maximum absolute atomic E-state index is 12.4. The van der Waals surface area contributed by atoms with Crippen LogP contribution in [-0.2, 0) is 13.0 Å². The number of aromatic nitrogens is 2. The molecule has 1 aliphatic heterocycles. The van der Waals surface area contributed by atoms with Gasteiger partial charge in [-0.05, 0) is 31.0 Å². The summed E-state index contributed by atoms with van der Waals surface area (Å²) < 4.78 is 1.69. The van der Waals surface area contributed by atoms with E-state index >= 15 is 0 Å². The smallest absolute Gasteiger partial charge is 0.261 e. The highest BCUT2D eigenvalue weighted by molar-refractivity contribution is 5.81. The van der Waals surface area contributed by atoms with Crippen LogP contribution in [0.1, 0.15) is 25.1 Å².